The lowest BCUT2D eigenvalue weighted by atomic mass is 9.83. The lowest BCUT2D eigenvalue weighted by Gasteiger charge is -2.52. The van der Waals surface area contributed by atoms with E-state index in [-0.39, 0.29) is 0 Å². The number of nitrogens with zero attached hydrogens (tertiary/aromatic N) is 1. The molecule has 0 aromatic carbocycles. The van der Waals surface area contributed by atoms with Crippen LogP contribution in [0.4, 0.5) is 0 Å². The summed E-state index contributed by atoms with van der Waals surface area (Å²) in [4.78, 5) is 2.87. The zero-order chi connectivity index (χ0) is 15.0. The van der Waals surface area contributed by atoms with Crippen molar-refractivity contribution in [2.24, 2.45) is 11.8 Å². The van der Waals surface area contributed by atoms with Gasteiger partial charge in [0.1, 0.15) is 0 Å². The number of ether oxygens (including phenoxy) is 1. The molecule has 1 N–H and O–H groups in total. The van der Waals surface area contributed by atoms with Gasteiger partial charge in [-0.3, -0.25) is 4.90 Å². The molecule has 2 saturated carbocycles. The molecule has 4 atom stereocenters. The minimum atomic E-state index is 0.353. The van der Waals surface area contributed by atoms with Crippen LogP contribution in [-0.4, -0.2) is 48.8 Å². The Hall–Kier alpha value is -0.120. The Morgan fingerprint density at radius 2 is 1.95 bits per heavy atom. The minimum absolute atomic E-state index is 0.353. The van der Waals surface area contributed by atoms with Gasteiger partial charge < -0.3 is 10.1 Å². The van der Waals surface area contributed by atoms with Crippen LogP contribution < -0.4 is 5.32 Å². The Kier molecular flexibility index (Phi) is 4.63. The van der Waals surface area contributed by atoms with Crippen LogP contribution in [0.1, 0.15) is 59.3 Å². The summed E-state index contributed by atoms with van der Waals surface area (Å²) >= 11 is 0. The van der Waals surface area contributed by atoms with E-state index in [1.807, 2.05) is 7.11 Å². The Morgan fingerprint density at radius 3 is 2.57 bits per heavy atom. The molecule has 3 fully saturated rings. The van der Waals surface area contributed by atoms with E-state index in [0.717, 1.165) is 17.9 Å². The zero-order valence-corrected chi connectivity index (χ0v) is 14.4. The highest BCUT2D eigenvalue weighted by Gasteiger charge is 2.48. The van der Waals surface area contributed by atoms with Crippen molar-refractivity contribution in [3.05, 3.63) is 0 Å². The smallest absolute Gasteiger partial charge is 0.0586 e. The van der Waals surface area contributed by atoms with Gasteiger partial charge in [-0.1, -0.05) is 13.8 Å². The van der Waals surface area contributed by atoms with Gasteiger partial charge in [0.15, 0.2) is 0 Å². The molecule has 122 valence electrons. The summed E-state index contributed by atoms with van der Waals surface area (Å²) in [6.07, 6.45) is 8.52. The topological polar surface area (TPSA) is 24.5 Å². The summed E-state index contributed by atoms with van der Waals surface area (Å²) < 4.78 is 5.68. The van der Waals surface area contributed by atoms with Crippen LogP contribution in [0.25, 0.3) is 0 Å². The molecule has 0 spiro atoms. The van der Waals surface area contributed by atoms with E-state index in [0.29, 0.717) is 17.7 Å². The van der Waals surface area contributed by atoms with Gasteiger partial charge in [0.2, 0.25) is 0 Å². The van der Waals surface area contributed by atoms with Crippen LogP contribution in [0, 0.1) is 11.8 Å². The molecule has 3 heteroatoms. The predicted molar refractivity (Wildman–Crippen MR) is 87.5 cm³/mol. The third-order valence-electron chi connectivity index (χ3n) is 6.30. The molecule has 3 aliphatic rings. The molecule has 21 heavy (non-hydrogen) atoms. The van der Waals surface area contributed by atoms with Crippen LogP contribution in [0.15, 0.2) is 0 Å². The van der Waals surface area contributed by atoms with E-state index >= 15 is 0 Å². The fourth-order valence-corrected chi connectivity index (χ4v) is 4.66. The van der Waals surface area contributed by atoms with Gasteiger partial charge in [-0.15, -0.1) is 0 Å². The number of methoxy groups -OCH3 is 1. The van der Waals surface area contributed by atoms with Crippen molar-refractivity contribution in [1.82, 2.24) is 10.2 Å². The lowest BCUT2D eigenvalue weighted by molar-refractivity contribution is -0.0274. The molecule has 1 aliphatic heterocycles. The Morgan fingerprint density at radius 1 is 1.19 bits per heavy atom. The molecule has 1 heterocycles. The second kappa shape index (κ2) is 6.17. The summed E-state index contributed by atoms with van der Waals surface area (Å²) in [6.45, 7) is 9.64. The summed E-state index contributed by atoms with van der Waals surface area (Å²) in [7, 11) is 1.89. The van der Waals surface area contributed by atoms with Crippen molar-refractivity contribution in [3.63, 3.8) is 0 Å². The van der Waals surface area contributed by atoms with Gasteiger partial charge in [-0.25, -0.2) is 0 Å². The molecule has 1 saturated heterocycles. The zero-order valence-electron chi connectivity index (χ0n) is 14.4. The summed E-state index contributed by atoms with van der Waals surface area (Å²) in [5, 5.41) is 3.91. The SMILES string of the molecule is COC1CCCC(N2CC(C)(C3CC3)NCC2C(C)C)C1. The van der Waals surface area contributed by atoms with E-state index in [1.165, 1.54) is 51.6 Å². The van der Waals surface area contributed by atoms with Crippen LogP contribution >= 0.6 is 0 Å². The van der Waals surface area contributed by atoms with E-state index in [4.69, 9.17) is 4.74 Å². The van der Waals surface area contributed by atoms with Gasteiger partial charge in [0, 0.05) is 37.8 Å². The predicted octanol–water partition coefficient (Wildman–Crippen LogP) is 3.04. The van der Waals surface area contributed by atoms with Crippen LogP contribution in [0.3, 0.4) is 0 Å². The Labute approximate surface area is 130 Å². The summed E-state index contributed by atoms with van der Waals surface area (Å²) in [5.41, 5.74) is 0.353. The van der Waals surface area contributed by atoms with Crippen molar-refractivity contribution >= 4 is 0 Å². The van der Waals surface area contributed by atoms with Crippen molar-refractivity contribution in [2.75, 3.05) is 20.2 Å². The fraction of sp³-hybridized carbons (Fsp3) is 1.00. The monoisotopic (exact) mass is 294 g/mol. The van der Waals surface area contributed by atoms with Crippen molar-refractivity contribution in [1.29, 1.82) is 0 Å². The summed E-state index contributed by atoms with van der Waals surface area (Å²) in [6, 6.07) is 1.42. The highest BCUT2D eigenvalue weighted by Crippen LogP contribution is 2.43. The standard InChI is InChI=1S/C18H34N2O/c1-13(2)17-11-19-18(3,14-8-9-14)12-20(17)15-6-5-7-16(10-15)21-4/h13-17,19H,5-12H2,1-4H3. The van der Waals surface area contributed by atoms with Gasteiger partial charge in [0.05, 0.1) is 6.10 Å². The maximum Gasteiger partial charge on any atom is 0.0586 e. The molecule has 0 aromatic rings. The second-order valence-corrected chi connectivity index (χ2v) is 8.23. The van der Waals surface area contributed by atoms with Crippen LogP contribution in [0.5, 0.6) is 0 Å². The second-order valence-electron chi connectivity index (χ2n) is 8.23. The number of piperazine rings is 1. The fourth-order valence-electron chi connectivity index (χ4n) is 4.66. The van der Waals surface area contributed by atoms with Gasteiger partial charge in [0.25, 0.3) is 0 Å². The first-order chi connectivity index (χ1) is 10.0. The number of rotatable bonds is 4. The molecule has 3 rings (SSSR count). The molecule has 4 unspecified atom stereocenters. The average Bonchev–Trinajstić information content (AvgIpc) is 3.32. The van der Waals surface area contributed by atoms with Gasteiger partial charge >= 0.3 is 0 Å². The molecule has 0 amide bonds. The van der Waals surface area contributed by atoms with Crippen LogP contribution in [0.2, 0.25) is 0 Å². The third kappa shape index (κ3) is 3.30. The van der Waals surface area contributed by atoms with Crippen LogP contribution in [-0.2, 0) is 4.74 Å². The van der Waals surface area contributed by atoms with Gasteiger partial charge in [-0.05, 0) is 57.3 Å². The number of hydrogen-bond donors (Lipinski definition) is 1. The first-order valence-corrected chi connectivity index (χ1v) is 9.07. The highest BCUT2D eigenvalue weighted by atomic mass is 16.5. The lowest BCUT2D eigenvalue weighted by Crippen LogP contribution is -2.67. The third-order valence-corrected chi connectivity index (χ3v) is 6.30. The van der Waals surface area contributed by atoms with E-state index in [2.05, 4.69) is 31.0 Å². The van der Waals surface area contributed by atoms with Crippen molar-refractivity contribution < 1.29 is 4.74 Å². The quantitative estimate of drug-likeness (QED) is 0.862. The maximum absolute atomic E-state index is 5.68. The first kappa shape index (κ1) is 15.8. The first-order valence-electron chi connectivity index (χ1n) is 9.07. The Bertz CT molecular complexity index is 355. The van der Waals surface area contributed by atoms with Gasteiger partial charge in [-0.2, -0.15) is 0 Å². The van der Waals surface area contributed by atoms with E-state index < -0.39 is 0 Å². The molecule has 0 bridgehead atoms. The number of hydrogen-bond acceptors (Lipinski definition) is 3. The van der Waals surface area contributed by atoms with E-state index in [1.54, 1.807) is 0 Å². The highest BCUT2D eigenvalue weighted by molar-refractivity contribution is 5.06. The minimum Gasteiger partial charge on any atom is -0.381 e. The van der Waals surface area contributed by atoms with Crippen molar-refractivity contribution in [2.45, 2.75) is 83.0 Å². The molecule has 0 aromatic heterocycles. The van der Waals surface area contributed by atoms with E-state index in [9.17, 15) is 0 Å². The maximum atomic E-state index is 5.68. The average molecular weight is 294 g/mol. The molecule has 2 aliphatic carbocycles. The number of nitrogens with one attached hydrogen (secondary N) is 1. The largest absolute Gasteiger partial charge is 0.381 e. The normalized spacial score (nSPS) is 42.4. The molecule has 0 radical (unpaired) electrons. The molecule has 3 nitrogen and oxygen atoms in total. The van der Waals surface area contributed by atoms with Crippen molar-refractivity contribution in [3.8, 4) is 0 Å². The molecular formula is C18H34N2O. The molecular weight excluding hydrogens is 260 g/mol. The Balaban J connectivity index is 1.73. The summed E-state index contributed by atoms with van der Waals surface area (Å²) in [5.74, 6) is 1.64.